The zero-order valence-corrected chi connectivity index (χ0v) is 13.2. The third-order valence-electron chi connectivity index (χ3n) is 4.89. The molecule has 1 N–H and O–H groups in total. The normalized spacial score (nSPS) is 21.8. The summed E-state index contributed by atoms with van der Waals surface area (Å²) < 4.78 is 11.5. The minimum Gasteiger partial charge on any atom is -0.490 e. The molecule has 1 saturated carbocycles. The molecule has 2 aliphatic rings. The third-order valence-corrected chi connectivity index (χ3v) is 4.89. The van der Waals surface area contributed by atoms with Crippen LogP contribution in [0.1, 0.15) is 57.6 Å². The van der Waals surface area contributed by atoms with Gasteiger partial charge in [0.05, 0.1) is 13.2 Å². The molecule has 0 spiro atoms. The van der Waals surface area contributed by atoms with E-state index < -0.39 is 0 Å². The first-order valence-electron chi connectivity index (χ1n) is 8.39. The van der Waals surface area contributed by atoms with Gasteiger partial charge >= 0.3 is 0 Å². The molecule has 2 atom stereocenters. The van der Waals surface area contributed by atoms with E-state index in [4.69, 9.17) is 9.47 Å². The van der Waals surface area contributed by atoms with E-state index in [2.05, 4.69) is 37.4 Å². The van der Waals surface area contributed by atoms with E-state index in [0.29, 0.717) is 12.1 Å². The zero-order valence-electron chi connectivity index (χ0n) is 13.2. The van der Waals surface area contributed by atoms with Crippen molar-refractivity contribution in [3.05, 3.63) is 23.8 Å². The molecule has 1 unspecified atom stereocenters. The molecule has 1 aliphatic heterocycles. The molecule has 1 aliphatic carbocycles. The van der Waals surface area contributed by atoms with Gasteiger partial charge in [-0.3, -0.25) is 0 Å². The molecule has 3 rings (SSSR count). The van der Waals surface area contributed by atoms with Crippen LogP contribution in [0.2, 0.25) is 0 Å². The molecule has 3 heteroatoms. The van der Waals surface area contributed by atoms with Crippen LogP contribution in [0.25, 0.3) is 0 Å². The summed E-state index contributed by atoms with van der Waals surface area (Å²) in [5.74, 6) is 2.62. The van der Waals surface area contributed by atoms with E-state index >= 15 is 0 Å². The maximum Gasteiger partial charge on any atom is 0.161 e. The predicted molar refractivity (Wildman–Crippen MR) is 85.0 cm³/mol. The average molecular weight is 289 g/mol. The number of nitrogens with one attached hydrogen (secondary N) is 1. The number of fused-ring (bicyclic) bond motifs is 1. The standard InChI is InChI=1S/C18H27NO2/c1-13(15-6-3-4-7-15)19-14(2)16-8-9-17-18(12-16)21-11-5-10-20-17/h8-9,12-15,19H,3-7,10-11H2,1-2H3/t13-,14?/m0/s1. The largest absolute Gasteiger partial charge is 0.490 e. The fourth-order valence-corrected chi connectivity index (χ4v) is 3.53. The van der Waals surface area contributed by atoms with E-state index in [9.17, 15) is 0 Å². The van der Waals surface area contributed by atoms with Gasteiger partial charge in [-0.1, -0.05) is 18.9 Å². The summed E-state index contributed by atoms with van der Waals surface area (Å²) >= 11 is 0. The zero-order chi connectivity index (χ0) is 14.7. The minimum atomic E-state index is 0.345. The Bertz CT molecular complexity index is 468. The van der Waals surface area contributed by atoms with E-state index in [1.165, 1.54) is 31.2 Å². The van der Waals surface area contributed by atoms with Crippen LogP contribution in [-0.4, -0.2) is 19.3 Å². The Labute approximate surface area is 128 Å². The molecule has 1 fully saturated rings. The summed E-state index contributed by atoms with van der Waals surface area (Å²) in [5.41, 5.74) is 1.28. The molecule has 3 nitrogen and oxygen atoms in total. The molecule has 0 bridgehead atoms. The fraction of sp³-hybridized carbons (Fsp3) is 0.667. The van der Waals surface area contributed by atoms with Crippen LogP contribution in [0.3, 0.4) is 0 Å². The summed E-state index contributed by atoms with van der Waals surface area (Å²) in [6.45, 7) is 6.07. The highest BCUT2D eigenvalue weighted by Gasteiger charge is 2.23. The second-order valence-electron chi connectivity index (χ2n) is 6.48. The van der Waals surface area contributed by atoms with E-state index in [1.54, 1.807) is 0 Å². The van der Waals surface area contributed by atoms with Crippen LogP contribution in [0.15, 0.2) is 18.2 Å². The van der Waals surface area contributed by atoms with Crippen molar-refractivity contribution in [3.63, 3.8) is 0 Å². The first kappa shape index (κ1) is 14.7. The van der Waals surface area contributed by atoms with Crippen molar-refractivity contribution in [1.29, 1.82) is 0 Å². The highest BCUT2D eigenvalue weighted by atomic mass is 16.5. The smallest absolute Gasteiger partial charge is 0.161 e. The summed E-state index contributed by atoms with van der Waals surface area (Å²) in [4.78, 5) is 0. The lowest BCUT2D eigenvalue weighted by Gasteiger charge is -2.25. The minimum absolute atomic E-state index is 0.345. The van der Waals surface area contributed by atoms with E-state index in [1.807, 2.05) is 0 Å². The summed E-state index contributed by atoms with van der Waals surface area (Å²) in [7, 11) is 0. The highest BCUT2D eigenvalue weighted by Crippen LogP contribution is 2.33. The van der Waals surface area contributed by atoms with Crippen LogP contribution >= 0.6 is 0 Å². The third kappa shape index (κ3) is 3.52. The Morgan fingerprint density at radius 1 is 1.00 bits per heavy atom. The maximum atomic E-state index is 5.79. The molecular weight excluding hydrogens is 262 g/mol. The number of hydrogen-bond acceptors (Lipinski definition) is 3. The summed E-state index contributed by atoms with van der Waals surface area (Å²) in [5, 5.41) is 3.76. The molecule has 0 amide bonds. The van der Waals surface area contributed by atoms with Crippen molar-refractivity contribution >= 4 is 0 Å². The molecule has 1 aromatic rings. The van der Waals surface area contributed by atoms with Crippen molar-refractivity contribution in [3.8, 4) is 11.5 Å². The monoisotopic (exact) mass is 289 g/mol. The van der Waals surface area contributed by atoms with Gasteiger partial charge < -0.3 is 14.8 Å². The van der Waals surface area contributed by atoms with Crippen LogP contribution in [0, 0.1) is 5.92 Å². The van der Waals surface area contributed by atoms with Gasteiger partial charge in [0.15, 0.2) is 11.5 Å². The number of benzene rings is 1. The first-order chi connectivity index (χ1) is 10.2. The van der Waals surface area contributed by atoms with Gasteiger partial charge in [0.25, 0.3) is 0 Å². The molecule has 1 heterocycles. The number of ether oxygens (including phenoxy) is 2. The van der Waals surface area contributed by atoms with Gasteiger partial charge in [0.2, 0.25) is 0 Å². The molecule has 0 radical (unpaired) electrons. The van der Waals surface area contributed by atoms with Crippen molar-refractivity contribution in [2.45, 2.75) is 58.0 Å². The molecule has 0 aromatic heterocycles. The first-order valence-corrected chi connectivity index (χ1v) is 8.39. The summed E-state index contributed by atoms with van der Waals surface area (Å²) in [6, 6.07) is 7.27. The van der Waals surface area contributed by atoms with Crippen LogP contribution < -0.4 is 14.8 Å². The quantitative estimate of drug-likeness (QED) is 0.906. The van der Waals surface area contributed by atoms with Gasteiger partial charge in [-0.05, 0) is 50.3 Å². The molecule has 116 valence electrons. The van der Waals surface area contributed by atoms with Crippen molar-refractivity contribution in [2.24, 2.45) is 5.92 Å². The Hall–Kier alpha value is -1.22. The molecule has 0 saturated heterocycles. The Kier molecular flexibility index (Phi) is 4.69. The highest BCUT2D eigenvalue weighted by molar-refractivity contribution is 5.44. The predicted octanol–water partition coefficient (Wildman–Crippen LogP) is 4.08. The van der Waals surface area contributed by atoms with Gasteiger partial charge in [0.1, 0.15) is 0 Å². The summed E-state index contributed by atoms with van der Waals surface area (Å²) in [6.07, 6.45) is 6.50. The van der Waals surface area contributed by atoms with Crippen LogP contribution in [0.4, 0.5) is 0 Å². The van der Waals surface area contributed by atoms with Gasteiger partial charge in [-0.25, -0.2) is 0 Å². The molecule has 21 heavy (non-hydrogen) atoms. The van der Waals surface area contributed by atoms with Crippen molar-refractivity contribution < 1.29 is 9.47 Å². The Morgan fingerprint density at radius 2 is 1.71 bits per heavy atom. The lowest BCUT2D eigenvalue weighted by molar-refractivity contribution is 0.296. The lowest BCUT2D eigenvalue weighted by Crippen LogP contribution is -2.34. The average Bonchev–Trinajstić information content (AvgIpc) is 2.92. The maximum absolute atomic E-state index is 5.79. The van der Waals surface area contributed by atoms with Crippen molar-refractivity contribution in [2.75, 3.05) is 13.2 Å². The van der Waals surface area contributed by atoms with Gasteiger partial charge in [0, 0.05) is 18.5 Å². The van der Waals surface area contributed by atoms with Crippen LogP contribution in [0.5, 0.6) is 11.5 Å². The topological polar surface area (TPSA) is 30.5 Å². The molecular formula is C18H27NO2. The lowest BCUT2D eigenvalue weighted by atomic mass is 9.97. The van der Waals surface area contributed by atoms with Crippen LogP contribution in [-0.2, 0) is 0 Å². The van der Waals surface area contributed by atoms with Crippen molar-refractivity contribution in [1.82, 2.24) is 5.32 Å². The second-order valence-corrected chi connectivity index (χ2v) is 6.48. The number of hydrogen-bond donors (Lipinski definition) is 1. The Morgan fingerprint density at radius 3 is 2.48 bits per heavy atom. The molecule has 1 aromatic carbocycles. The van der Waals surface area contributed by atoms with E-state index in [0.717, 1.165) is 37.1 Å². The van der Waals surface area contributed by atoms with Gasteiger partial charge in [-0.15, -0.1) is 0 Å². The number of rotatable bonds is 4. The van der Waals surface area contributed by atoms with Gasteiger partial charge in [-0.2, -0.15) is 0 Å². The SMILES string of the molecule is CC(N[C@@H](C)C1CCCC1)c1ccc2c(c1)OCCCO2. The Balaban J connectivity index is 1.66. The second kappa shape index (κ2) is 6.69. The fourth-order valence-electron chi connectivity index (χ4n) is 3.53. The van der Waals surface area contributed by atoms with E-state index in [-0.39, 0.29) is 0 Å².